The Morgan fingerprint density at radius 1 is 1.19 bits per heavy atom. The summed E-state index contributed by atoms with van der Waals surface area (Å²) in [6, 6.07) is 10.4. The standard InChI is InChI=1S/C22H20F3N5O2/c23-22(24,25)32-18-5-3-17(4-6-18)29-21(31)15-10-19(14-2-1-8-27-11-14)20(28-12-15)30-9-7-16(26)13-30/h1-6,8,10-12,16H,7,9,13,26H2,(H,29,31)/t16-/m1/s1. The quantitative estimate of drug-likeness (QED) is 0.623. The summed E-state index contributed by atoms with van der Waals surface area (Å²) in [6.07, 6.45) is 0.892. The van der Waals surface area contributed by atoms with Crippen LogP contribution in [0.3, 0.4) is 0 Å². The van der Waals surface area contributed by atoms with Crippen molar-refractivity contribution in [3.8, 4) is 16.9 Å². The van der Waals surface area contributed by atoms with Crippen LogP contribution in [0.5, 0.6) is 5.75 Å². The van der Waals surface area contributed by atoms with Crippen molar-refractivity contribution in [3.05, 3.63) is 66.6 Å². The maximum atomic E-state index is 12.8. The van der Waals surface area contributed by atoms with E-state index in [1.807, 2.05) is 6.07 Å². The van der Waals surface area contributed by atoms with E-state index in [1.165, 1.54) is 18.3 Å². The van der Waals surface area contributed by atoms with Gasteiger partial charge in [0.15, 0.2) is 0 Å². The van der Waals surface area contributed by atoms with Crippen molar-refractivity contribution in [2.24, 2.45) is 5.73 Å². The van der Waals surface area contributed by atoms with Gasteiger partial charge in [0.1, 0.15) is 11.6 Å². The number of carbonyl (C=O) groups excluding carboxylic acids is 1. The Morgan fingerprint density at radius 3 is 2.59 bits per heavy atom. The Bertz CT molecular complexity index is 1090. The van der Waals surface area contributed by atoms with E-state index in [0.29, 0.717) is 17.8 Å². The van der Waals surface area contributed by atoms with E-state index in [2.05, 4.69) is 24.9 Å². The third kappa shape index (κ3) is 5.14. The van der Waals surface area contributed by atoms with Gasteiger partial charge in [0.05, 0.1) is 5.56 Å². The molecule has 0 radical (unpaired) electrons. The lowest BCUT2D eigenvalue weighted by molar-refractivity contribution is -0.274. The number of hydrogen-bond acceptors (Lipinski definition) is 6. The summed E-state index contributed by atoms with van der Waals surface area (Å²) in [5.74, 6) is -0.0999. The molecule has 10 heteroatoms. The average molecular weight is 443 g/mol. The zero-order chi connectivity index (χ0) is 22.7. The molecule has 1 aliphatic rings. The van der Waals surface area contributed by atoms with Crippen LogP contribution in [0.25, 0.3) is 11.1 Å². The lowest BCUT2D eigenvalue weighted by Crippen LogP contribution is -2.27. The van der Waals surface area contributed by atoms with Gasteiger partial charge in [0.2, 0.25) is 0 Å². The van der Waals surface area contributed by atoms with E-state index in [0.717, 1.165) is 42.0 Å². The van der Waals surface area contributed by atoms with Gasteiger partial charge in [-0.15, -0.1) is 13.2 Å². The number of benzene rings is 1. The Labute approximate surface area is 182 Å². The molecule has 3 N–H and O–H groups in total. The van der Waals surface area contributed by atoms with Crippen molar-refractivity contribution in [1.82, 2.24) is 9.97 Å². The van der Waals surface area contributed by atoms with Crippen LogP contribution in [0.2, 0.25) is 0 Å². The van der Waals surface area contributed by atoms with Crippen LogP contribution in [-0.2, 0) is 0 Å². The molecule has 0 aliphatic carbocycles. The van der Waals surface area contributed by atoms with E-state index in [1.54, 1.807) is 24.5 Å². The van der Waals surface area contributed by atoms with Crippen LogP contribution >= 0.6 is 0 Å². The second-order valence-electron chi connectivity index (χ2n) is 7.36. The summed E-state index contributed by atoms with van der Waals surface area (Å²) >= 11 is 0. The number of nitrogens with two attached hydrogens (primary N) is 1. The zero-order valence-electron chi connectivity index (χ0n) is 16.8. The Balaban J connectivity index is 1.57. The zero-order valence-corrected chi connectivity index (χ0v) is 16.8. The number of amides is 1. The van der Waals surface area contributed by atoms with E-state index < -0.39 is 12.3 Å². The normalized spacial score (nSPS) is 16.1. The Hall–Kier alpha value is -3.66. The number of rotatable bonds is 5. The van der Waals surface area contributed by atoms with Gasteiger partial charge in [-0.2, -0.15) is 0 Å². The monoisotopic (exact) mass is 443 g/mol. The van der Waals surface area contributed by atoms with Crippen molar-refractivity contribution in [2.75, 3.05) is 23.3 Å². The molecule has 0 bridgehead atoms. The first-order valence-corrected chi connectivity index (χ1v) is 9.86. The van der Waals surface area contributed by atoms with Crippen LogP contribution < -0.4 is 20.7 Å². The Kier molecular flexibility index (Phi) is 5.95. The molecule has 3 aromatic rings. The van der Waals surface area contributed by atoms with Crippen LogP contribution in [0.1, 0.15) is 16.8 Å². The SMILES string of the molecule is N[C@@H]1CCN(c2ncc(C(=O)Nc3ccc(OC(F)(F)F)cc3)cc2-c2cccnc2)C1. The van der Waals surface area contributed by atoms with Gasteiger partial charge in [-0.05, 0) is 42.8 Å². The van der Waals surface area contributed by atoms with Crippen molar-refractivity contribution in [1.29, 1.82) is 0 Å². The third-order valence-corrected chi connectivity index (χ3v) is 4.97. The van der Waals surface area contributed by atoms with Gasteiger partial charge in [0.25, 0.3) is 5.91 Å². The summed E-state index contributed by atoms with van der Waals surface area (Å²) in [6.45, 7) is 1.43. The van der Waals surface area contributed by atoms with Crippen molar-refractivity contribution in [2.45, 2.75) is 18.8 Å². The predicted octanol–water partition coefficient (Wildman–Crippen LogP) is 3.83. The summed E-state index contributed by atoms with van der Waals surface area (Å²) in [4.78, 5) is 23.5. The maximum Gasteiger partial charge on any atom is 0.573 e. The van der Waals surface area contributed by atoms with Crippen molar-refractivity contribution in [3.63, 3.8) is 0 Å². The molecule has 1 atom stereocenters. The highest BCUT2D eigenvalue weighted by Crippen LogP contribution is 2.31. The minimum absolute atomic E-state index is 0.0609. The molecule has 32 heavy (non-hydrogen) atoms. The van der Waals surface area contributed by atoms with E-state index in [-0.39, 0.29) is 11.8 Å². The van der Waals surface area contributed by atoms with Gasteiger partial charge < -0.3 is 20.7 Å². The fourth-order valence-corrected chi connectivity index (χ4v) is 3.49. The molecule has 1 saturated heterocycles. The van der Waals surface area contributed by atoms with Gasteiger partial charge >= 0.3 is 6.36 Å². The van der Waals surface area contributed by atoms with Crippen LogP contribution in [0.15, 0.2) is 61.1 Å². The molecule has 0 saturated carbocycles. The van der Waals surface area contributed by atoms with E-state index in [9.17, 15) is 18.0 Å². The number of aromatic nitrogens is 2. The third-order valence-electron chi connectivity index (χ3n) is 4.97. The highest BCUT2D eigenvalue weighted by Gasteiger charge is 2.31. The fourth-order valence-electron chi connectivity index (χ4n) is 3.49. The molecule has 1 fully saturated rings. The summed E-state index contributed by atoms with van der Waals surface area (Å²) in [7, 11) is 0. The molecule has 166 valence electrons. The summed E-state index contributed by atoms with van der Waals surface area (Å²) in [5.41, 5.74) is 8.21. The smallest absolute Gasteiger partial charge is 0.406 e. The average Bonchev–Trinajstić information content (AvgIpc) is 3.20. The molecule has 1 aliphatic heterocycles. The lowest BCUT2D eigenvalue weighted by Gasteiger charge is -2.21. The minimum Gasteiger partial charge on any atom is -0.406 e. The van der Waals surface area contributed by atoms with Crippen molar-refractivity contribution >= 4 is 17.4 Å². The minimum atomic E-state index is -4.78. The summed E-state index contributed by atoms with van der Waals surface area (Å²) in [5, 5.41) is 2.66. The Morgan fingerprint density at radius 2 is 1.97 bits per heavy atom. The van der Waals surface area contributed by atoms with E-state index in [4.69, 9.17) is 5.73 Å². The van der Waals surface area contributed by atoms with Gasteiger partial charge in [-0.1, -0.05) is 6.07 Å². The van der Waals surface area contributed by atoms with Crippen LogP contribution in [0, 0.1) is 0 Å². The molecule has 1 aromatic carbocycles. The highest BCUT2D eigenvalue weighted by atomic mass is 19.4. The number of nitrogens with one attached hydrogen (secondary N) is 1. The lowest BCUT2D eigenvalue weighted by atomic mass is 10.1. The first-order chi connectivity index (χ1) is 15.3. The maximum absolute atomic E-state index is 12.8. The molecular formula is C22H20F3N5O2. The molecule has 7 nitrogen and oxygen atoms in total. The van der Waals surface area contributed by atoms with Crippen LogP contribution in [-0.4, -0.2) is 41.4 Å². The molecule has 3 heterocycles. The molecule has 0 spiro atoms. The van der Waals surface area contributed by atoms with Gasteiger partial charge in [-0.3, -0.25) is 9.78 Å². The number of halogens is 3. The fraction of sp³-hybridized carbons (Fsp3) is 0.227. The first kappa shape index (κ1) is 21.6. The number of pyridine rings is 2. The summed E-state index contributed by atoms with van der Waals surface area (Å²) < 4.78 is 40.7. The number of ether oxygens (including phenoxy) is 1. The molecule has 2 aromatic heterocycles. The molecule has 4 rings (SSSR count). The number of carbonyl (C=O) groups is 1. The van der Waals surface area contributed by atoms with Gasteiger partial charge in [-0.25, -0.2) is 4.98 Å². The van der Waals surface area contributed by atoms with Crippen LogP contribution in [0.4, 0.5) is 24.7 Å². The number of anilines is 2. The predicted molar refractivity (Wildman–Crippen MR) is 113 cm³/mol. The second kappa shape index (κ2) is 8.83. The van der Waals surface area contributed by atoms with E-state index >= 15 is 0 Å². The van der Waals surface area contributed by atoms with Gasteiger partial charge in [0, 0.05) is 54.5 Å². The highest BCUT2D eigenvalue weighted by molar-refractivity contribution is 6.05. The largest absolute Gasteiger partial charge is 0.573 e. The molecule has 1 amide bonds. The van der Waals surface area contributed by atoms with Crippen molar-refractivity contribution < 1.29 is 22.7 Å². The number of hydrogen-bond donors (Lipinski definition) is 2. The topological polar surface area (TPSA) is 93.4 Å². The molecular weight excluding hydrogens is 423 g/mol. The first-order valence-electron chi connectivity index (χ1n) is 9.86. The number of alkyl halides is 3. The second-order valence-corrected chi connectivity index (χ2v) is 7.36. The number of nitrogens with zero attached hydrogens (tertiary/aromatic N) is 3. The molecule has 0 unspecified atom stereocenters.